The maximum absolute atomic E-state index is 5.34. The van der Waals surface area contributed by atoms with Crippen molar-refractivity contribution in [3.05, 3.63) is 29.3 Å². The minimum atomic E-state index is 0.729. The summed E-state index contributed by atoms with van der Waals surface area (Å²) in [4.78, 5) is 5.44. The van der Waals surface area contributed by atoms with Gasteiger partial charge in [0.1, 0.15) is 6.61 Å². The molecule has 0 N–H and O–H groups in total. The zero-order valence-corrected chi connectivity index (χ0v) is 9.23. The standard InChI is InChI=1S/C11H13NOS/c1-8-3-4-10(7-9(8)2)14-11-12-5-6-13-11/h3-4,7H,5-6H2,1-2H3. The van der Waals surface area contributed by atoms with Gasteiger partial charge in [-0.05, 0) is 48.9 Å². The molecular formula is C11H13NOS. The molecule has 2 rings (SSSR count). The molecule has 0 aromatic heterocycles. The Labute approximate surface area is 88.4 Å². The molecule has 1 aromatic rings. The van der Waals surface area contributed by atoms with Crippen LogP contribution in [0.25, 0.3) is 0 Å². The summed E-state index contributed by atoms with van der Waals surface area (Å²) in [5, 5.41) is 0.799. The van der Waals surface area contributed by atoms with E-state index in [1.807, 2.05) is 0 Å². The molecule has 14 heavy (non-hydrogen) atoms. The average molecular weight is 207 g/mol. The van der Waals surface area contributed by atoms with Gasteiger partial charge in [-0.2, -0.15) is 0 Å². The molecular weight excluding hydrogens is 194 g/mol. The monoisotopic (exact) mass is 207 g/mol. The minimum absolute atomic E-state index is 0.729. The number of nitrogens with zero attached hydrogens (tertiary/aromatic N) is 1. The molecule has 2 nitrogen and oxygen atoms in total. The SMILES string of the molecule is Cc1ccc(SC2=NCCO2)cc1C. The van der Waals surface area contributed by atoms with E-state index in [9.17, 15) is 0 Å². The van der Waals surface area contributed by atoms with Gasteiger partial charge >= 0.3 is 0 Å². The summed E-state index contributed by atoms with van der Waals surface area (Å²) >= 11 is 1.60. The van der Waals surface area contributed by atoms with Crippen molar-refractivity contribution in [2.75, 3.05) is 13.2 Å². The lowest BCUT2D eigenvalue weighted by Crippen LogP contribution is -1.92. The lowest BCUT2D eigenvalue weighted by molar-refractivity contribution is 0.356. The number of thioether (sulfide) groups is 1. The van der Waals surface area contributed by atoms with Crippen LogP contribution in [0.3, 0.4) is 0 Å². The molecule has 0 saturated carbocycles. The predicted octanol–water partition coefficient (Wildman–Crippen LogP) is 2.78. The Balaban J connectivity index is 2.13. The summed E-state index contributed by atoms with van der Waals surface area (Å²) in [6, 6.07) is 6.41. The van der Waals surface area contributed by atoms with Gasteiger partial charge in [-0.25, -0.2) is 4.99 Å². The van der Waals surface area contributed by atoms with Gasteiger partial charge in [0.05, 0.1) is 6.54 Å². The van der Waals surface area contributed by atoms with Crippen molar-refractivity contribution in [1.29, 1.82) is 0 Å². The molecule has 0 spiro atoms. The second-order valence-corrected chi connectivity index (χ2v) is 4.37. The first kappa shape index (κ1) is 9.59. The topological polar surface area (TPSA) is 21.6 Å². The van der Waals surface area contributed by atoms with Gasteiger partial charge in [-0.1, -0.05) is 6.07 Å². The first-order valence-corrected chi connectivity index (χ1v) is 5.50. The Morgan fingerprint density at radius 1 is 1.29 bits per heavy atom. The smallest absolute Gasteiger partial charge is 0.250 e. The van der Waals surface area contributed by atoms with E-state index < -0.39 is 0 Å². The molecule has 1 aliphatic heterocycles. The molecule has 0 saturated heterocycles. The van der Waals surface area contributed by atoms with Crippen LogP contribution in [0, 0.1) is 13.8 Å². The quantitative estimate of drug-likeness (QED) is 0.706. The molecule has 0 bridgehead atoms. The maximum Gasteiger partial charge on any atom is 0.250 e. The Morgan fingerprint density at radius 2 is 2.14 bits per heavy atom. The first-order valence-electron chi connectivity index (χ1n) is 4.68. The summed E-state index contributed by atoms with van der Waals surface area (Å²) in [6.07, 6.45) is 0. The third kappa shape index (κ3) is 2.10. The van der Waals surface area contributed by atoms with E-state index in [1.165, 1.54) is 16.0 Å². The third-order valence-electron chi connectivity index (χ3n) is 2.24. The lowest BCUT2D eigenvalue weighted by Gasteiger charge is -2.04. The van der Waals surface area contributed by atoms with E-state index in [0.717, 1.165) is 18.4 Å². The van der Waals surface area contributed by atoms with Gasteiger partial charge in [0, 0.05) is 4.90 Å². The predicted molar refractivity (Wildman–Crippen MR) is 60.0 cm³/mol. The van der Waals surface area contributed by atoms with E-state index >= 15 is 0 Å². The van der Waals surface area contributed by atoms with Crippen molar-refractivity contribution in [3.63, 3.8) is 0 Å². The molecule has 0 atom stereocenters. The van der Waals surface area contributed by atoms with Crippen LogP contribution in [0.4, 0.5) is 0 Å². The highest BCUT2D eigenvalue weighted by Gasteiger charge is 2.09. The maximum atomic E-state index is 5.34. The van der Waals surface area contributed by atoms with E-state index in [4.69, 9.17) is 4.74 Å². The van der Waals surface area contributed by atoms with Crippen LogP contribution < -0.4 is 0 Å². The number of hydrogen-bond donors (Lipinski definition) is 0. The molecule has 1 aliphatic rings. The average Bonchev–Trinajstić information content (AvgIpc) is 2.64. The van der Waals surface area contributed by atoms with Gasteiger partial charge in [0.15, 0.2) is 0 Å². The Kier molecular flexibility index (Phi) is 2.77. The van der Waals surface area contributed by atoms with Crippen molar-refractivity contribution >= 4 is 17.0 Å². The van der Waals surface area contributed by atoms with E-state index in [-0.39, 0.29) is 0 Å². The summed E-state index contributed by atoms with van der Waals surface area (Å²) in [5.41, 5.74) is 2.64. The van der Waals surface area contributed by atoms with Gasteiger partial charge < -0.3 is 4.74 Å². The molecule has 0 radical (unpaired) electrons. The Morgan fingerprint density at radius 3 is 2.79 bits per heavy atom. The molecule has 0 aliphatic carbocycles. The first-order chi connectivity index (χ1) is 6.75. The van der Waals surface area contributed by atoms with Crippen molar-refractivity contribution in [2.24, 2.45) is 4.99 Å². The van der Waals surface area contributed by atoms with Crippen molar-refractivity contribution in [3.8, 4) is 0 Å². The van der Waals surface area contributed by atoms with Crippen LogP contribution in [0.5, 0.6) is 0 Å². The fourth-order valence-electron chi connectivity index (χ4n) is 1.26. The minimum Gasteiger partial charge on any atom is -0.471 e. The highest BCUT2D eigenvalue weighted by atomic mass is 32.2. The number of rotatable bonds is 1. The van der Waals surface area contributed by atoms with E-state index in [2.05, 4.69) is 37.0 Å². The molecule has 0 unspecified atom stereocenters. The molecule has 74 valence electrons. The van der Waals surface area contributed by atoms with Crippen LogP contribution in [0.15, 0.2) is 28.1 Å². The van der Waals surface area contributed by atoms with Gasteiger partial charge in [0.25, 0.3) is 5.23 Å². The third-order valence-corrected chi connectivity index (χ3v) is 3.15. The van der Waals surface area contributed by atoms with Crippen molar-refractivity contribution in [1.82, 2.24) is 0 Å². The number of hydrogen-bond acceptors (Lipinski definition) is 3. The number of ether oxygens (including phenoxy) is 1. The van der Waals surface area contributed by atoms with Gasteiger partial charge in [-0.3, -0.25) is 0 Å². The normalized spacial score (nSPS) is 15.1. The number of aliphatic imine (C=N–C) groups is 1. The zero-order chi connectivity index (χ0) is 9.97. The highest BCUT2D eigenvalue weighted by Crippen LogP contribution is 2.24. The highest BCUT2D eigenvalue weighted by molar-refractivity contribution is 8.13. The van der Waals surface area contributed by atoms with Crippen LogP contribution in [0.2, 0.25) is 0 Å². The van der Waals surface area contributed by atoms with Gasteiger partial charge in [0.2, 0.25) is 0 Å². The lowest BCUT2D eigenvalue weighted by atomic mass is 10.1. The molecule has 1 heterocycles. The number of benzene rings is 1. The summed E-state index contributed by atoms with van der Waals surface area (Å²) in [6.45, 7) is 5.77. The fraction of sp³-hybridized carbons (Fsp3) is 0.364. The largest absolute Gasteiger partial charge is 0.471 e. The van der Waals surface area contributed by atoms with E-state index in [1.54, 1.807) is 11.8 Å². The summed E-state index contributed by atoms with van der Waals surface area (Å²) in [5.74, 6) is 0. The molecule has 0 fully saturated rings. The molecule has 0 amide bonds. The van der Waals surface area contributed by atoms with Crippen LogP contribution >= 0.6 is 11.8 Å². The molecule has 1 aromatic carbocycles. The second-order valence-electron chi connectivity index (χ2n) is 3.34. The Hall–Kier alpha value is -0.960. The van der Waals surface area contributed by atoms with Crippen LogP contribution in [-0.4, -0.2) is 18.4 Å². The summed E-state index contributed by atoms with van der Waals surface area (Å²) < 4.78 is 5.34. The number of aryl methyl sites for hydroxylation is 2. The van der Waals surface area contributed by atoms with Crippen LogP contribution in [-0.2, 0) is 4.74 Å². The second kappa shape index (κ2) is 4.05. The Bertz CT molecular complexity index is 374. The van der Waals surface area contributed by atoms with Crippen molar-refractivity contribution in [2.45, 2.75) is 18.7 Å². The zero-order valence-electron chi connectivity index (χ0n) is 8.41. The fourth-order valence-corrected chi connectivity index (χ4v) is 2.13. The van der Waals surface area contributed by atoms with Gasteiger partial charge in [-0.15, -0.1) is 0 Å². The van der Waals surface area contributed by atoms with E-state index in [0.29, 0.717) is 0 Å². The van der Waals surface area contributed by atoms with Crippen molar-refractivity contribution < 1.29 is 4.74 Å². The summed E-state index contributed by atoms with van der Waals surface area (Å²) in [7, 11) is 0. The molecule has 3 heteroatoms. The van der Waals surface area contributed by atoms with Crippen LogP contribution in [0.1, 0.15) is 11.1 Å².